The molecule has 152 valence electrons. The van der Waals surface area contributed by atoms with E-state index in [2.05, 4.69) is 51.0 Å². The second-order valence-corrected chi connectivity index (χ2v) is 9.02. The van der Waals surface area contributed by atoms with Gasteiger partial charge in [-0.2, -0.15) is 0 Å². The number of rotatable bonds is 3. The molecule has 1 aliphatic carbocycles. The van der Waals surface area contributed by atoms with E-state index in [1.54, 1.807) is 12.4 Å². The number of carbonyl (C=O) groups excluding carboxylic acids is 1. The summed E-state index contributed by atoms with van der Waals surface area (Å²) in [5.74, 6) is 2.53. The van der Waals surface area contributed by atoms with Gasteiger partial charge in [0.15, 0.2) is 0 Å². The van der Waals surface area contributed by atoms with Crippen molar-refractivity contribution in [1.29, 1.82) is 0 Å². The van der Waals surface area contributed by atoms with Gasteiger partial charge < -0.3 is 9.80 Å². The van der Waals surface area contributed by atoms with Gasteiger partial charge in [0.2, 0.25) is 5.91 Å². The van der Waals surface area contributed by atoms with Crippen LogP contribution >= 0.6 is 0 Å². The van der Waals surface area contributed by atoms with Gasteiger partial charge in [-0.1, -0.05) is 43.5 Å². The zero-order chi connectivity index (χ0) is 19.8. The third-order valence-corrected chi connectivity index (χ3v) is 7.28. The van der Waals surface area contributed by atoms with Crippen LogP contribution in [0, 0.1) is 24.7 Å². The van der Waals surface area contributed by atoms with Gasteiger partial charge >= 0.3 is 0 Å². The van der Waals surface area contributed by atoms with Crippen LogP contribution in [-0.2, 0) is 4.79 Å². The first-order valence-electron chi connectivity index (χ1n) is 11.1. The normalized spacial score (nSPS) is 27.3. The van der Waals surface area contributed by atoms with E-state index in [4.69, 9.17) is 0 Å². The second-order valence-electron chi connectivity index (χ2n) is 9.02. The number of aryl methyl sites for hydroxylation is 1. The van der Waals surface area contributed by atoms with Crippen molar-refractivity contribution in [2.24, 2.45) is 17.8 Å². The van der Waals surface area contributed by atoms with Crippen molar-refractivity contribution in [3.63, 3.8) is 0 Å². The van der Waals surface area contributed by atoms with Crippen LogP contribution in [0.25, 0.3) is 0 Å². The molecular weight excluding hydrogens is 360 g/mol. The predicted molar refractivity (Wildman–Crippen MR) is 113 cm³/mol. The number of fused-ring (bicyclic) bond motifs is 1. The van der Waals surface area contributed by atoms with Crippen LogP contribution in [0.4, 0.5) is 5.82 Å². The number of benzene rings is 1. The van der Waals surface area contributed by atoms with Crippen molar-refractivity contribution in [2.45, 2.75) is 45.1 Å². The quantitative estimate of drug-likeness (QED) is 0.795. The Hall–Kier alpha value is -2.43. The molecule has 29 heavy (non-hydrogen) atoms. The summed E-state index contributed by atoms with van der Waals surface area (Å²) in [6, 6.07) is 8.81. The van der Waals surface area contributed by atoms with Crippen LogP contribution < -0.4 is 4.90 Å². The largest absolute Gasteiger partial charge is 0.355 e. The highest BCUT2D eigenvalue weighted by Crippen LogP contribution is 2.47. The summed E-state index contributed by atoms with van der Waals surface area (Å²) in [5, 5.41) is 0. The Kier molecular flexibility index (Phi) is 4.98. The minimum atomic E-state index is 0.178. The average Bonchev–Trinajstić information content (AvgIpc) is 3.33. The average molecular weight is 391 g/mol. The van der Waals surface area contributed by atoms with Gasteiger partial charge in [-0.05, 0) is 30.9 Å². The number of anilines is 1. The molecule has 5 rings (SSSR count). The number of likely N-dealkylation sites (tertiary alicyclic amines) is 1. The highest BCUT2D eigenvalue weighted by molar-refractivity contribution is 5.80. The molecule has 3 atom stereocenters. The van der Waals surface area contributed by atoms with Crippen molar-refractivity contribution in [2.75, 3.05) is 24.5 Å². The number of amides is 1. The number of aromatic nitrogens is 2. The summed E-state index contributed by atoms with van der Waals surface area (Å²) >= 11 is 0. The molecule has 0 radical (unpaired) electrons. The third kappa shape index (κ3) is 3.41. The minimum Gasteiger partial charge on any atom is -0.355 e. The Labute approximate surface area is 173 Å². The Morgan fingerprint density at radius 1 is 1.03 bits per heavy atom. The number of carbonyl (C=O) groups is 1. The summed E-state index contributed by atoms with van der Waals surface area (Å²) in [7, 11) is 0. The SMILES string of the molecule is Cc1ccccc1[C@@H]1[C@H]2CN(c3cnccn3)C[C@H]2CN1C(=O)C1CCCCC1. The van der Waals surface area contributed by atoms with E-state index in [0.29, 0.717) is 17.7 Å². The van der Waals surface area contributed by atoms with Crippen LogP contribution in [0.2, 0.25) is 0 Å². The molecule has 5 nitrogen and oxygen atoms in total. The molecule has 1 amide bonds. The van der Waals surface area contributed by atoms with Gasteiger partial charge in [0.25, 0.3) is 0 Å². The van der Waals surface area contributed by atoms with E-state index < -0.39 is 0 Å². The Bertz CT molecular complexity index is 864. The molecule has 1 aromatic carbocycles. The van der Waals surface area contributed by atoms with Gasteiger partial charge in [0.1, 0.15) is 5.82 Å². The fourth-order valence-electron chi connectivity index (χ4n) is 5.81. The monoisotopic (exact) mass is 390 g/mol. The van der Waals surface area contributed by atoms with Crippen molar-refractivity contribution < 1.29 is 4.79 Å². The summed E-state index contributed by atoms with van der Waals surface area (Å²) in [4.78, 5) is 26.9. The maximum Gasteiger partial charge on any atom is 0.226 e. The van der Waals surface area contributed by atoms with Crippen LogP contribution in [0.3, 0.4) is 0 Å². The van der Waals surface area contributed by atoms with Crippen LogP contribution in [0.1, 0.15) is 49.3 Å². The maximum atomic E-state index is 13.6. The predicted octanol–water partition coefficient (Wildman–Crippen LogP) is 4.00. The standard InChI is InChI=1S/C24H30N4O/c1-17-7-5-6-10-20(17)23-21-16-27(22-13-25-11-12-26-22)14-19(21)15-28(23)24(29)18-8-3-2-4-9-18/h5-7,10-13,18-19,21,23H,2-4,8-9,14-16H2,1H3/t19-,21-,23+/m0/s1. The number of nitrogens with zero attached hydrogens (tertiary/aromatic N) is 4. The zero-order valence-electron chi connectivity index (χ0n) is 17.2. The third-order valence-electron chi connectivity index (χ3n) is 7.28. The van der Waals surface area contributed by atoms with Crippen LogP contribution in [0.5, 0.6) is 0 Å². The smallest absolute Gasteiger partial charge is 0.226 e. The molecule has 2 aromatic rings. The number of hydrogen-bond acceptors (Lipinski definition) is 4. The lowest BCUT2D eigenvalue weighted by Gasteiger charge is -2.34. The van der Waals surface area contributed by atoms with E-state index >= 15 is 0 Å². The molecule has 0 N–H and O–H groups in total. The van der Waals surface area contributed by atoms with Crippen LogP contribution in [-0.4, -0.2) is 40.4 Å². The first-order valence-corrected chi connectivity index (χ1v) is 11.1. The van der Waals surface area contributed by atoms with Gasteiger partial charge in [-0.3, -0.25) is 9.78 Å². The first kappa shape index (κ1) is 18.6. The topological polar surface area (TPSA) is 49.3 Å². The van der Waals surface area contributed by atoms with E-state index in [1.165, 1.54) is 30.4 Å². The van der Waals surface area contributed by atoms with Crippen LogP contribution in [0.15, 0.2) is 42.9 Å². The van der Waals surface area contributed by atoms with Crippen molar-refractivity contribution >= 4 is 11.7 Å². The van der Waals surface area contributed by atoms with E-state index in [1.807, 2.05) is 6.20 Å². The van der Waals surface area contributed by atoms with Gasteiger partial charge in [0.05, 0.1) is 12.2 Å². The summed E-state index contributed by atoms with van der Waals surface area (Å²) in [6.07, 6.45) is 11.2. The first-order chi connectivity index (χ1) is 14.2. The Morgan fingerprint density at radius 2 is 1.86 bits per heavy atom. The second kappa shape index (κ2) is 7.77. The van der Waals surface area contributed by atoms with E-state index in [9.17, 15) is 4.79 Å². The molecule has 3 aliphatic rings. The lowest BCUT2D eigenvalue weighted by molar-refractivity contribution is -0.138. The molecule has 3 heterocycles. The summed E-state index contributed by atoms with van der Waals surface area (Å²) < 4.78 is 0. The summed E-state index contributed by atoms with van der Waals surface area (Å²) in [5.41, 5.74) is 2.61. The lowest BCUT2D eigenvalue weighted by atomic mass is 9.86. The maximum absolute atomic E-state index is 13.6. The van der Waals surface area contributed by atoms with Crippen molar-refractivity contribution in [1.82, 2.24) is 14.9 Å². The lowest BCUT2D eigenvalue weighted by Crippen LogP contribution is -2.40. The molecule has 2 aliphatic heterocycles. The molecule has 1 aromatic heterocycles. The molecule has 5 heteroatoms. The number of hydrogen-bond donors (Lipinski definition) is 0. The molecule has 2 saturated heterocycles. The molecule has 0 bridgehead atoms. The van der Waals surface area contributed by atoms with Gasteiger partial charge in [-0.15, -0.1) is 0 Å². The molecule has 0 spiro atoms. The van der Waals surface area contributed by atoms with Crippen molar-refractivity contribution in [3.05, 3.63) is 54.0 Å². The van der Waals surface area contributed by atoms with Gasteiger partial charge in [-0.25, -0.2) is 4.98 Å². The van der Waals surface area contributed by atoms with E-state index in [-0.39, 0.29) is 12.0 Å². The molecular formula is C24H30N4O. The minimum absolute atomic E-state index is 0.178. The highest BCUT2D eigenvalue weighted by atomic mass is 16.2. The fourth-order valence-corrected chi connectivity index (χ4v) is 5.81. The highest BCUT2D eigenvalue weighted by Gasteiger charge is 2.50. The van der Waals surface area contributed by atoms with Gasteiger partial charge in [0, 0.05) is 49.8 Å². The fraction of sp³-hybridized carbons (Fsp3) is 0.542. The van der Waals surface area contributed by atoms with Crippen molar-refractivity contribution in [3.8, 4) is 0 Å². The molecule has 3 fully saturated rings. The van der Waals surface area contributed by atoms with E-state index in [0.717, 1.165) is 38.3 Å². The molecule has 0 unspecified atom stereocenters. The molecule has 1 saturated carbocycles. The Balaban J connectivity index is 1.45. The summed E-state index contributed by atoms with van der Waals surface area (Å²) in [6.45, 7) is 4.95. The Morgan fingerprint density at radius 3 is 2.62 bits per heavy atom. The zero-order valence-corrected chi connectivity index (χ0v) is 17.2.